The van der Waals surface area contributed by atoms with Crippen LogP contribution in [0.2, 0.25) is 0 Å². The highest BCUT2D eigenvalue weighted by Gasteiger charge is 2.25. The fraction of sp³-hybridized carbons (Fsp3) is 0.556. The third-order valence-corrected chi connectivity index (χ3v) is 2.43. The van der Waals surface area contributed by atoms with Gasteiger partial charge in [-0.2, -0.15) is 5.10 Å². The van der Waals surface area contributed by atoms with Crippen LogP contribution < -0.4 is 0 Å². The molecule has 14 heavy (non-hydrogen) atoms. The quantitative estimate of drug-likeness (QED) is 0.741. The van der Waals surface area contributed by atoms with Crippen molar-refractivity contribution in [3.05, 3.63) is 17.5 Å². The summed E-state index contributed by atoms with van der Waals surface area (Å²) in [7, 11) is 1.64. The highest BCUT2D eigenvalue weighted by molar-refractivity contribution is 5.96. The van der Waals surface area contributed by atoms with Crippen LogP contribution in [0.25, 0.3) is 0 Å². The Labute approximate surface area is 82.0 Å². The second kappa shape index (κ2) is 3.79. The minimum atomic E-state index is 0.0528. The first-order chi connectivity index (χ1) is 6.83. The molecule has 1 aliphatic heterocycles. The van der Waals surface area contributed by atoms with E-state index in [4.69, 9.17) is 4.74 Å². The summed E-state index contributed by atoms with van der Waals surface area (Å²) in [6.07, 6.45) is 2.45. The Kier molecular flexibility index (Phi) is 2.49. The molecule has 0 saturated heterocycles. The van der Waals surface area contributed by atoms with Gasteiger partial charge < -0.3 is 9.64 Å². The van der Waals surface area contributed by atoms with Crippen LogP contribution in [0.4, 0.5) is 0 Å². The lowest BCUT2D eigenvalue weighted by molar-refractivity contribution is 0.0678. The molecule has 0 spiro atoms. The van der Waals surface area contributed by atoms with Crippen LogP contribution in [0.3, 0.4) is 0 Å². The molecule has 0 radical (unpaired) electrons. The van der Waals surface area contributed by atoms with Gasteiger partial charge in [-0.3, -0.25) is 9.89 Å². The number of nitrogens with one attached hydrogen (secondary N) is 1. The highest BCUT2D eigenvalue weighted by Crippen LogP contribution is 2.15. The summed E-state index contributed by atoms with van der Waals surface area (Å²) in [5, 5.41) is 6.70. The summed E-state index contributed by atoms with van der Waals surface area (Å²) in [4.78, 5) is 13.6. The van der Waals surface area contributed by atoms with Crippen molar-refractivity contribution in [1.29, 1.82) is 0 Å². The number of nitrogens with zero attached hydrogens (tertiary/aromatic N) is 2. The number of H-pyrrole nitrogens is 1. The van der Waals surface area contributed by atoms with Crippen molar-refractivity contribution in [3.8, 4) is 0 Å². The lowest BCUT2D eigenvalue weighted by Crippen LogP contribution is -2.39. The molecule has 0 bridgehead atoms. The molecule has 1 aliphatic rings. The molecule has 1 amide bonds. The molecule has 2 heterocycles. The second-order valence-corrected chi connectivity index (χ2v) is 3.30. The van der Waals surface area contributed by atoms with Gasteiger partial charge in [0, 0.05) is 32.3 Å². The Bertz CT molecular complexity index is 335. The number of aromatic nitrogens is 2. The van der Waals surface area contributed by atoms with Crippen LogP contribution >= 0.6 is 0 Å². The van der Waals surface area contributed by atoms with E-state index >= 15 is 0 Å². The predicted molar refractivity (Wildman–Crippen MR) is 50.1 cm³/mol. The zero-order valence-electron chi connectivity index (χ0n) is 8.12. The van der Waals surface area contributed by atoms with Crippen LogP contribution in [0.1, 0.15) is 16.1 Å². The summed E-state index contributed by atoms with van der Waals surface area (Å²) in [6.45, 7) is 1.98. The van der Waals surface area contributed by atoms with Crippen LogP contribution in [0.5, 0.6) is 0 Å². The molecule has 0 atom stereocenters. The zero-order chi connectivity index (χ0) is 9.97. The summed E-state index contributed by atoms with van der Waals surface area (Å²) in [5.41, 5.74) is 1.65. The first-order valence-corrected chi connectivity index (χ1v) is 4.63. The number of fused-ring (bicyclic) bond motifs is 1. The highest BCUT2D eigenvalue weighted by atomic mass is 16.5. The van der Waals surface area contributed by atoms with Gasteiger partial charge in [0.15, 0.2) is 0 Å². The number of carbonyl (C=O) groups excluding carboxylic acids is 1. The zero-order valence-corrected chi connectivity index (χ0v) is 8.12. The number of rotatable bonds is 3. The molecule has 1 aromatic rings. The average Bonchev–Trinajstić information content (AvgIpc) is 2.66. The number of ether oxygens (including phenoxy) is 1. The molecular weight excluding hydrogens is 182 g/mol. The van der Waals surface area contributed by atoms with Crippen LogP contribution in [-0.4, -0.2) is 47.8 Å². The first kappa shape index (κ1) is 9.21. The maximum Gasteiger partial charge on any atom is 0.257 e. The molecule has 1 aromatic heterocycles. The van der Waals surface area contributed by atoms with Crippen molar-refractivity contribution in [2.45, 2.75) is 6.42 Å². The van der Waals surface area contributed by atoms with E-state index in [0.717, 1.165) is 18.7 Å². The van der Waals surface area contributed by atoms with Crippen molar-refractivity contribution in [1.82, 2.24) is 15.1 Å². The van der Waals surface area contributed by atoms with Gasteiger partial charge in [-0.05, 0) is 0 Å². The maximum absolute atomic E-state index is 11.8. The van der Waals surface area contributed by atoms with E-state index in [2.05, 4.69) is 10.2 Å². The van der Waals surface area contributed by atoms with E-state index in [1.165, 1.54) is 0 Å². The molecule has 0 aromatic carbocycles. The van der Waals surface area contributed by atoms with E-state index in [0.29, 0.717) is 18.7 Å². The predicted octanol–water partition coefficient (Wildman–Crippen LogP) is 0.0544. The van der Waals surface area contributed by atoms with Gasteiger partial charge in [0.1, 0.15) is 0 Å². The number of methoxy groups -OCH3 is 1. The monoisotopic (exact) mass is 195 g/mol. The molecule has 0 unspecified atom stereocenters. The van der Waals surface area contributed by atoms with Crippen molar-refractivity contribution >= 4 is 5.91 Å². The van der Waals surface area contributed by atoms with E-state index in [9.17, 15) is 4.79 Å². The summed E-state index contributed by atoms with van der Waals surface area (Å²) in [5.74, 6) is 0.0528. The number of hydrogen-bond acceptors (Lipinski definition) is 3. The minimum absolute atomic E-state index is 0.0528. The molecule has 0 fully saturated rings. The van der Waals surface area contributed by atoms with E-state index in [-0.39, 0.29) is 5.91 Å². The van der Waals surface area contributed by atoms with Crippen molar-refractivity contribution in [2.24, 2.45) is 0 Å². The molecule has 5 heteroatoms. The summed E-state index contributed by atoms with van der Waals surface area (Å²) >= 11 is 0. The van der Waals surface area contributed by atoms with Crippen LogP contribution in [-0.2, 0) is 11.2 Å². The van der Waals surface area contributed by atoms with Gasteiger partial charge in [-0.15, -0.1) is 0 Å². The smallest absolute Gasteiger partial charge is 0.257 e. The van der Waals surface area contributed by atoms with E-state index < -0.39 is 0 Å². The number of hydrogen-bond donors (Lipinski definition) is 1. The van der Waals surface area contributed by atoms with Gasteiger partial charge in [0.25, 0.3) is 5.91 Å². The van der Waals surface area contributed by atoms with Crippen LogP contribution in [0, 0.1) is 0 Å². The van der Waals surface area contributed by atoms with Gasteiger partial charge in [-0.1, -0.05) is 0 Å². The van der Waals surface area contributed by atoms with E-state index in [1.807, 2.05) is 0 Å². The Morgan fingerprint density at radius 3 is 3.36 bits per heavy atom. The van der Waals surface area contributed by atoms with Gasteiger partial charge in [0.05, 0.1) is 18.4 Å². The van der Waals surface area contributed by atoms with Gasteiger partial charge >= 0.3 is 0 Å². The number of aromatic amines is 1. The summed E-state index contributed by atoms with van der Waals surface area (Å²) in [6, 6.07) is 0. The fourth-order valence-electron chi connectivity index (χ4n) is 1.62. The Balaban J connectivity index is 2.09. The first-order valence-electron chi connectivity index (χ1n) is 4.63. The molecule has 76 valence electrons. The molecular formula is C9H13N3O2. The van der Waals surface area contributed by atoms with Crippen molar-refractivity contribution in [3.63, 3.8) is 0 Å². The van der Waals surface area contributed by atoms with Crippen molar-refractivity contribution < 1.29 is 9.53 Å². The molecule has 2 rings (SSSR count). The Morgan fingerprint density at radius 2 is 2.57 bits per heavy atom. The lowest BCUT2D eigenvalue weighted by Gasteiger charge is -2.25. The van der Waals surface area contributed by atoms with Gasteiger partial charge in [0.2, 0.25) is 0 Å². The van der Waals surface area contributed by atoms with Gasteiger partial charge in [-0.25, -0.2) is 0 Å². The molecule has 0 aliphatic carbocycles. The maximum atomic E-state index is 11.8. The van der Waals surface area contributed by atoms with Crippen LogP contribution in [0.15, 0.2) is 6.20 Å². The molecule has 5 nitrogen and oxygen atoms in total. The lowest BCUT2D eigenvalue weighted by atomic mass is 10.1. The Morgan fingerprint density at radius 1 is 1.71 bits per heavy atom. The van der Waals surface area contributed by atoms with Crippen molar-refractivity contribution in [2.75, 3.05) is 26.8 Å². The number of amides is 1. The normalized spacial score (nSPS) is 15.8. The number of carbonyl (C=O) groups is 1. The third-order valence-electron chi connectivity index (χ3n) is 2.43. The average molecular weight is 195 g/mol. The fourth-order valence-corrected chi connectivity index (χ4v) is 1.62. The van der Waals surface area contributed by atoms with E-state index in [1.54, 1.807) is 18.2 Å². The molecule has 1 N–H and O–H groups in total. The topological polar surface area (TPSA) is 58.2 Å². The third kappa shape index (κ3) is 1.50. The second-order valence-electron chi connectivity index (χ2n) is 3.30. The SMILES string of the molecule is COCCN1CCc2[nH]ncc2C1=O. The largest absolute Gasteiger partial charge is 0.383 e. The summed E-state index contributed by atoms with van der Waals surface area (Å²) < 4.78 is 4.95. The minimum Gasteiger partial charge on any atom is -0.383 e. The Hall–Kier alpha value is -1.36. The standard InChI is InChI=1S/C9H13N3O2/c1-14-5-4-12-3-2-8-7(9(12)13)6-10-11-8/h6H,2-5H2,1H3,(H,10,11). The molecule has 0 saturated carbocycles.